The van der Waals surface area contributed by atoms with Gasteiger partial charge in [-0.1, -0.05) is 17.7 Å². The molecule has 2 aromatic rings. The van der Waals surface area contributed by atoms with Crippen LogP contribution in [0.1, 0.15) is 11.3 Å². The molecule has 1 aromatic heterocycles. The molecule has 0 radical (unpaired) electrons. The number of nitrogens with zero attached hydrogens (tertiary/aromatic N) is 1. The maximum Gasteiger partial charge on any atom is 0.235 e. The first kappa shape index (κ1) is 12.7. The van der Waals surface area contributed by atoms with Crippen molar-refractivity contribution >= 4 is 23.5 Å². The molecule has 0 fully saturated rings. The van der Waals surface area contributed by atoms with Gasteiger partial charge < -0.3 is 5.32 Å². The largest absolute Gasteiger partial charge is 0.308 e. The summed E-state index contributed by atoms with van der Waals surface area (Å²) in [6, 6.07) is 9.92. The zero-order chi connectivity index (χ0) is 13.0. The molecule has 0 saturated carbocycles. The SMILES string of the molecule is Cc1ccc(SCC(=O)Nc2cc(C)[nH]n2)cc1. The summed E-state index contributed by atoms with van der Waals surface area (Å²) < 4.78 is 0. The predicted octanol–water partition coefficient (Wildman–Crippen LogP) is 2.76. The third-order valence-corrected chi connectivity index (χ3v) is 3.38. The van der Waals surface area contributed by atoms with Gasteiger partial charge in [0.25, 0.3) is 0 Å². The smallest absolute Gasteiger partial charge is 0.235 e. The Bertz CT molecular complexity index is 533. The van der Waals surface area contributed by atoms with Crippen LogP contribution in [-0.2, 0) is 4.79 Å². The lowest BCUT2D eigenvalue weighted by atomic mass is 10.2. The van der Waals surface area contributed by atoms with Crippen molar-refractivity contribution in [3.05, 3.63) is 41.6 Å². The molecule has 5 heteroatoms. The van der Waals surface area contributed by atoms with Crippen LogP contribution in [-0.4, -0.2) is 21.9 Å². The third-order valence-electron chi connectivity index (χ3n) is 2.36. The van der Waals surface area contributed by atoms with E-state index in [1.807, 2.05) is 38.1 Å². The molecule has 0 saturated heterocycles. The van der Waals surface area contributed by atoms with E-state index < -0.39 is 0 Å². The zero-order valence-electron chi connectivity index (χ0n) is 10.4. The molecule has 1 heterocycles. The van der Waals surface area contributed by atoms with Gasteiger partial charge in [0.2, 0.25) is 5.91 Å². The minimum Gasteiger partial charge on any atom is -0.308 e. The molecule has 0 bridgehead atoms. The van der Waals surface area contributed by atoms with Crippen molar-refractivity contribution in [2.45, 2.75) is 18.7 Å². The average molecular weight is 261 g/mol. The fourth-order valence-corrected chi connectivity index (χ4v) is 2.14. The highest BCUT2D eigenvalue weighted by Gasteiger charge is 2.05. The first-order valence-electron chi connectivity index (χ1n) is 5.65. The van der Waals surface area contributed by atoms with Gasteiger partial charge in [0.05, 0.1) is 5.75 Å². The van der Waals surface area contributed by atoms with Crippen molar-refractivity contribution in [3.63, 3.8) is 0 Å². The molecule has 0 atom stereocenters. The lowest BCUT2D eigenvalue weighted by molar-refractivity contribution is -0.113. The number of hydrogen-bond acceptors (Lipinski definition) is 3. The molecule has 1 aromatic carbocycles. The highest BCUT2D eigenvalue weighted by Crippen LogP contribution is 2.18. The minimum atomic E-state index is -0.0490. The Labute approximate surface area is 110 Å². The Hall–Kier alpha value is -1.75. The number of thioether (sulfide) groups is 1. The summed E-state index contributed by atoms with van der Waals surface area (Å²) in [6.45, 7) is 3.94. The van der Waals surface area contributed by atoms with Crippen LogP contribution < -0.4 is 5.32 Å². The van der Waals surface area contributed by atoms with Gasteiger partial charge in [0.1, 0.15) is 0 Å². The molecule has 0 aliphatic heterocycles. The van der Waals surface area contributed by atoms with Crippen molar-refractivity contribution in [1.82, 2.24) is 10.2 Å². The molecular weight excluding hydrogens is 246 g/mol. The number of aromatic amines is 1. The van der Waals surface area contributed by atoms with E-state index in [1.165, 1.54) is 17.3 Å². The molecule has 0 unspecified atom stereocenters. The van der Waals surface area contributed by atoms with Gasteiger partial charge in [-0.05, 0) is 26.0 Å². The standard InChI is InChI=1S/C13H15N3OS/c1-9-3-5-11(6-4-9)18-8-13(17)14-12-7-10(2)15-16-12/h3-7H,8H2,1-2H3,(H2,14,15,16,17). The number of anilines is 1. The fraction of sp³-hybridized carbons (Fsp3) is 0.231. The van der Waals surface area contributed by atoms with Crippen molar-refractivity contribution in [3.8, 4) is 0 Å². The monoisotopic (exact) mass is 261 g/mol. The number of aromatic nitrogens is 2. The van der Waals surface area contributed by atoms with Gasteiger partial charge in [-0.15, -0.1) is 11.8 Å². The van der Waals surface area contributed by atoms with Gasteiger partial charge >= 0.3 is 0 Å². The zero-order valence-corrected chi connectivity index (χ0v) is 11.2. The first-order valence-corrected chi connectivity index (χ1v) is 6.63. The Morgan fingerprint density at radius 1 is 1.33 bits per heavy atom. The topological polar surface area (TPSA) is 57.8 Å². The van der Waals surface area contributed by atoms with E-state index in [0.717, 1.165) is 10.6 Å². The van der Waals surface area contributed by atoms with E-state index in [4.69, 9.17) is 0 Å². The summed E-state index contributed by atoms with van der Waals surface area (Å²) in [5.41, 5.74) is 2.15. The summed E-state index contributed by atoms with van der Waals surface area (Å²) in [5.74, 6) is 0.906. The number of aryl methyl sites for hydroxylation is 2. The van der Waals surface area contributed by atoms with Crippen LogP contribution >= 0.6 is 11.8 Å². The molecule has 94 valence electrons. The van der Waals surface area contributed by atoms with E-state index in [0.29, 0.717) is 11.6 Å². The molecule has 4 nitrogen and oxygen atoms in total. The van der Waals surface area contributed by atoms with Crippen molar-refractivity contribution in [2.24, 2.45) is 0 Å². The number of carbonyl (C=O) groups is 1. The molecule has 1 amide bonds. The summed E-state index contributed by atoms with van der Waals surface area (Å²) in [7, 11) is 0. The van der Waals surface area contributed by atoms with E-state index in [1.54, 1.807) is 6.07 Å². The Kier molecular flexibility index (Phi) is 4.04. The number of nitrogens with one attached hydrogen (secondary N) is 2. The van der Waals surface area contributed by atoms with Crippen LogP contribution in [0.2, 0.25) is 0 Å². The van der Waals surface area contributed by atoms with Gasteiger partial charge in [0, 0.05) is 16.7 Å². The highest BCUT2D eigenvalue weighted by molar-refractivity contribution is 8.00. The molecule has 0 aliphatic carbocycles. The Balaban J connectivity index is 1.83. The number of hydrogen-bond donors (Lipinski definition) is 2. The summed E-state index contributed by atoms with van der Waals surface area (Å²) >= 11 is 1.51. The summed E-state index contributed by atoms with van der Waals surface area (Å²) in [6.07, 6.45) is 0. The van der Waals surface area contributed by atoms with E-state index in [-0.39, 0.29) is 5.91 Å². The minimum absolute atomic E-state index is 0.0490. The molecule has 2 N–H and O–H groups in total. The van der Waals surface area contributed by atoms with Crippen molar-refractivity contribution in [1.29, 1.82) is 0 Å². The third kappa shape index (κ3) is 3.63. The molecular formula is C13H15N3OS. The number of H-pyrrole nitrogens is 1. The van der Waals surface area contributed by atoms with Gasteiger partial charge in [-0.3, -0.25) is 9.89 Å². The van der Waals surface area contributed by atoms with Gasteiger partial charge in [-0.2, -0.15) is 5.10 Å². The molecule has 18 heavy (non-hydrogen) atoms. The Morgan fingerprint density at radius 3 is 2.67 bits per heavy atom. The summed E-state index contributed by atoms with van der Waals surface area (Å²) in [5, 5.41) is 9.48. The molecule has 0 aliphatic rings. The second-order valence-corrected chi connectivity index (χ2v) is 5.13. The normalized spacial score (nSPS) is 10.3. The van der Waals surface area contributed by atoms with Gasteiger partial charge in [0.15, 0.2) is 5.82 Å². The second-order valence-electron chi connectivity index (χ2n) is 4.09. The van der Waals surface area contributed by atoms with Gasteiger partial charge in [-0.25, -0.2) is 0 Å². The lowest BCUT2D eigenvalue weighted by Gasteiger charge is -2.02. The lowest BCUT2D eigenvalue weighted by Crippen LogP contribution is -2.14. The fourth-order valence-electron chi connectivity index (χ4n) is 1.44. The van der Waals surface area contributed by atoms with Crippen LogP contribution in [0.4, 0.5) is 5.82 Å². The first-order chi connectivity index (χ1) is 8.63. The maximum atomic E-state index is 11.7. The van der Waals surface area contributed by atoms with Crippen LogP contribution in [0.3, 0.4) is 0 Å². The highest BCUT2D eigenvalue weighted by atomic mass is 32.2. The quantitative estimate of drug-likeness (QED) is 0.832. The predicted molar refractivity (Wildman–Crippen MR) is 73.9 cm³/mol. The number of amides is 1. The van der Waals surface area contributed by atoms with Crippen LogP contribution in [0.15, 0.2) is 35.2 Å². The molecule has 0 spiro atoms. The maximum absolute atomic E-state index is 11.7. The molecule has 2 rings (SSSR count). The summed E-state index contributed by atoms with van der Waals surface area (Å²) in [4.78, 5) is 12.8. The second kappa shape index (κ2) is 5.73. The Morgan fingerprint density at radius 2 is 2.06 bits per heavy atom. The van der Waals surface area contributed by atoms with E-state index in [2.05, 4.69) is 15.5 Å². The van der Waals surface area contributed by atoms with Crippen LogP contribution in [0.5, 0.6) is 0 Å². The van der Waals surface area contributed by atoms with Crippen molar-refractivity contribution < 1.29 is 4.79 Å². The number of carbonyl (C=O) groups excluding carboxylic acids is 1. The average Bonchev–Trinajstić information content (AvgIpc) is 2.74. The number of rotatable bonds is 4. The van der Waals surface area contributed by atoms with Crippen LogP contribution in [0, 0.1) is 13.8 Å². The van der Waals surface area contributed by atoms with Crippen molar-refractivity contribution in [2.75, 3.05) is 11.1 Å². The van der Waals surface area contributed by atoms with Crippen LogP contribution in [0.25, 0.3) is 0 Å². The van der Waals surface area contributed by atoms with E-state index in [9.17, 15) is 4.79 Å². The number of benzene rings is 1. The van der Waals surface area contributed by atoms with E-state index >= 15 is 0 Å².